The summed E-state index contributed by atoms with van der Waals surface area (Å²) in [5.41, 5.74) is 0.318. The van der Waals surface area contributed by atoms with Gasteiger partial charge in [0.2, 0.25) is 0 Å². The van der Waals surface area contributed by atoms with Gasteiger partial charge in [-0.3, -0.25) is 4.90 Å². The van der Waals surface area contributed by atoms with Crippen molar-refractivity contribution in [2.45, 2.75) is 66.0 Å². The van der Waals surface area contributed by atoms with Crippen LogP contribution in [0.15, 0.2) is 0 Å². The SMILES string of the molecule is CCC(C)C1CN(CCC(C)C)C(C)(C)CN1. The molecule has 2 heteroatoms. The highest BCUT2D eigenvalue weighted by Gasteiger charge is 2.34. The molecule has 1 rings (SSSR count). The van der Waals surface area contributed by atoms with Crippen LogP contribution >= 0.6 is 0 Å². The molecule has 0 aromatic rings. The van der Waals surface area contributed by atoms with Crippen molar-refractivity contribution >= 4 is 0 Å². The molecule has 2 nitrogen and oxygen atoms in total. The van der Waals surface area contributed by atoms with Gasteiger partial charge >= 0.3 is 0 Å². The van der Waals surface area contributed by atoms with E-state index in [-0.39, 0.29) is 0 Å². The van der Waals surface area contributed by atoms with Gasteiger partial charge < -0.3 is 5.32 Å². The fraction of sp³-hybridized carbons (Fsp3) is 1.00. The molecule has 1 aliphatic heterocycles. The van der Waals surface area contributed by atoms with Crippen molar-refractivity contribution in [3.63, 3.8) is 0 Å². The first-order chi connectivity index (χ1) is 7.86. The molecule has 0 radical (unpaired) electrons. The van der Waals surface area contributed by atoms with Crippen molar-refractivity contribution in [3.8, 4) is 0 Å². The third kappa shape index (κ3) is 4.26. The van der Waals surface area contributed by atoms with Gasteiger partial charge in [0, 0.05) is 24.7 Å². The number of nitrogens with one attached hydrogen (secondary N) is 1. The molecule has 0 bridgehead atoms. The van der Waals surface area contributed by atoms with Crippen molar-refractivity contribution in [1.29, 1.82) is 0 Å². The van der Waals surface area contributed by atoms with Crippen LogP contribution in [0.3, 0.4) is 0 Å². The fourth-order valence-corrected chi connectivity index (χ4v) is 2.52. The summed E-state index contributed by atoms with van der Waals surface area (Å²) in [6.45, 7) is 17.6. The number of hydrogen-bond donors (Lipinski definition) is 1. The van der Waals surface area contributed by atoms with Crippen LogP contribution in [0, 0.1) is 11.8 Å². The quantitative estimate of drug-likeness (QED) is 0.794. The standard InChI is InChI=1S/C15H32N2/c1-7-13(4)14-10-17(9-8-12(2)3)15(5,6)11-16-14/h12-14,16H,7-11H2,1-6H3. The molecule has 0 aromatic carbocycles. The highest BCUT2D eigenvalue weighted by atomic mass is 15.3. The van der Waals surface area contributed by atoms with Crippen molar-refractivity contribution in [3.05, 3.63) is 0 Å². The summed E-state index contributed by atoms with van der Waals surface area (Å²) in [7, 11) is 0. The summed E-state index contributed by atoms with van der Waals surface area (Å²) in [4.78, 5) is 2.69. The fourth-order valence-electron chi connectivity index (χ4n) is 2.52. The lowest BCUT2D eigenvalue weighted by molar-refractivity contribution is 0.0481. The molecule has 0 aliphatic carbocycles. The van der Waals surface area contributed by atoms with Gasteiger partial charge in [0.15, 0.2) is 0 Å². The van der Waals surface area contributed by atoms with Gasteiger partial charge in [-0.15, -0.1) is 0 Å². The predicted octanol–water partition coefficient (Wildman–Crippen LogP) is 3.13. The average molecular weight is 240 g/mol. The lowest BCUT2D eigenvalue weighted by Gasteiger charge is -2.48. The predicted molar refractivity (Wildman–Crippen MR) is 76.4 cm³/mol. The monoisotopic (exact) mass is 240 g/mol. The smallest absolute Gasteiger partial charge is 0.0278 e. The second kappa shape index (κ2) is 6.19. The Bertz CT molecular complexity index is 223. The first kappa shape index (κ1) is 15.0. The van der Waals surface area contributed by atoms with Crippen molar-refractivity contribution in [2.24, 2.45) is 11.8 Å². The minimum Gasteiger partial charge on any atom is -0.311 e. The Kier molecular flexibility index (Phi) is 5.46. The van der Waals surface area contributed by atoms with E-state index >= 15 is 0 Å². The summed E-state index contributed by atoms with van der Waals surface area (Å²) < 4.78 is 0. The third-order valence-electron chi connectivity index (χ3n) is 4.38. The van der Waals surface area contributed by atoms with Gasteiger partial charge in [-0.1, -0.05) is 34.1 Å². The molecular weight excluding hydrogens is 208 g/mol. The zero-order valence-electron chi connectivity index (χ0n) is 12.7. The molecule has 0 amide bonds. The van der Waals surface area contributed by atoms with Gasteiger partial charge in [-0.2, -0.15) is 0 Å². The van der Waals surface area contributed by atoms with Crippen molar-refractivity contribution in [1.82, 2.24) is 10.2 Å². The molecule has 0 spiro atoms. The number of nitrogens with zero attached hydrogens (tertiary/aromatic N) is 1. The summed E-state index contributed by atoms with van der Waals surface area (Å²) in [5.74, 6) is 1.59. The van der Waals surface area contributed by atoms with Crippen LogP contribution in [0.4, 0.5) is 0 Å². The van der Waals surface area contributed by atoms with Crippen LogP contribution in [0.5, 0.6) is 0 Å². The van der Waals surface area contributed by atoms with E-state index in [4.69, 9.17) is 0 Å². The van der Waals surface area contributed by atoms with Crippen LogP contribution in [-0.4, -0.2) is 36.1 Å². The molecule has 1 heterocycles. The molecule has 17 heavy (non-hydrogen) atoms. The van der Waals surface area contributed by atoms with E-state index in [1.54, 1.807) is 0 Å². The minimum atomic E-state index is 0.318. The van der Waals surface area contributed by atoms with Crippen molar-refractivity contribution < 1.29 is 0 Å². The van der Waals surface area contributed by atoms with E-state index in [2.05, 4.69) is 51.8 Å². The largest absolute Gasteiger partial charge is 0.311 e. The second-order valence-corrected chi connectivity index (χ2v) is 6.81. The molecule has 1 saturated heterocycles. The first-order valence-corrected chi connectivity index (χ1v) is 7.35. The van der Waals surface area contributed by atoms with E-state index in [9.17, 15) is 0 Å². The maximum atomic E-state index is 3.74. The van der Waals surface area contributed by atoms with E-state index in [1.165, 1.54) is 25.9 Å². The summed E-state index contributed by atoms with van der Waals surface area (Å²) >= 11 is 0. The topological polar surface area (TPSA) is 15.3 Å². The zero-order valence-corrected chi connectivity index (χ0v) is 12.7. The third-order valence-corrected chi connectivity index (χ3v) is 4.38. The average Bonchev–Trinajstić information content (AvgIpc) is 2.26. The van der Waals surface area contributed by atoms with E-state index in [1.807, 2.05) is 0 Å². The number of hydrogen-bond acceptors (Lipinski definition) is 2. The molecule has 1 aliphatic rings. The van der Waals surface area contributed by atoms with Gasteiger partial charge in [-0.25, -0.2) is 0 Å². The van der Waals surface area contributed by atoms with Gasteiger partial charge in [0.25, 0.3) is 0 Å². The molecule has 102 valence electrons. The summed E-state index contributed by atoms with van der Waals surface area (Å²) in [5, 5.41) is 3.74. The minimum absolute atomic E-state index is 0.318. The molecule has 2 atom stereocenters. The van der Waals surface area contributed by atoms with E-state index in [0.717, 1.165) is 18.4 Å². The van der Waals surface area contributed by atoms with Crippen LogP contribution in [0.2, 0.25) is 0 Å². The normalized spacial score (nSPS) is 27.4. The maximum Gasteiger partial charge on any atom is 0.0278 e. The Morgan fingerprint density at radius 3 is 2.47 bits per heavy atom. The lowest BCUT2D eigenvalue weighted by atomic mass is 9.90. The van der Waals surface area contributed by atoms with E-state index in [0.29, 0.717) is 11.6 Å². The number of piperazine rings is 1. The van der Waals surface area contributed by atoms with Crippen LogP contribution in [0.1, 0.15) is 54.4 Å². The van der Waals surface area contributed by atoms with Crippen LogP contribution in [0.25, 0.3) is 0 Å². The molecule has 0 aromatic heterocycles. The molecule has 1 fully saturated rings. The highest BCUT2D eigenvalue weighted by Crippen LogP contribution is 2.23. The molecule has 2 unspecified atom stereocenters. The summed E-state index contributed by atoms with van der Waals surface area (Å²) in [6, 6.07) is 0.681. The molecular formula is C15H32N2. The lowest BCUT2D eigenvalue weighted by Crippen LogP contribution is -2.63. The van der Waals surface area contributed by atoms with Crippen LogP contribution < -0.4 is 5.32 Å². The Hall–Kier alpha value is -0.0800. The highest BCUT2D eigenvalue weighted by molar-refractivity contribution is 4.94. The van der Waals surface area contributed by atoms with E-state index < -0.39 is 0 Å². The Morgan fingerprint density at radius 2 is 1.94 bits per heavy atom. The van der Waals surface area contributed by atoms with Crippen LogP contribution in [-0.2, 0) is 0 Å². The second-order valence-electron chi connectivity index (χ2n) is 6.81. The van der Waals surface area contributed by atoms with Gasteiger partial charge in [0.1, 0.15) is 0 Å². The summed E-state index contributed by atoms with van der Waals surface area (Å²) in [6.07, 6.45) is 2.59. The zero-order chi connectivity index (χ0) is 13.1. The number of rotatable bonds is 5. The van der Waals surface area contributed by atoms with Gasteiger partial charge in [0.05, 0.1) is 0 Å². The maximum absolute atomic E-state index is 3.74. The Balaban J connectivity index is 2.56. The molecule has 0 saturated carbocycles. The Labute approximate surface area is 108 Å². The first-order valence-electron chi connectivity index (χ1n) is 7.35. The van der Waals surface area contributed by atoms with Crippen molar-refractivity contribution in [2.75, 3.05) is 19.6 Å². The molecule has 1 N–H and O–H groups in total. The van der Waals surface area contributed by atoms with Gasteiger partial charge in [-0.05, 0) is 38.6 Å². The Morgan fingerprint density at radius 1 is 1.29 bits per heavy atom.